The third-order valence-corrected chi connectivity index (χ3v) is 5.71. The van der Waals surface area contributed by atoms with Crippen molar-refractivity contribution in [3.05, 3.63) is 72.6 Å². The van der Waals surface area contributed by atoms with Crippen molar-refractivity contribution < 1.29 is 9.53 Å². The SMILES string of the molecule is C=CC(=O)Nc1cccc(Nc2nc(Nc3ccc(OCCN(C)C)cc3)nc3ccsc23)c1. The normalized spacial score (nSPS) is 10.8. The molecule has 0 atom stereocenters. The van der Waals surface area contributed by atoms with E-state index in [-0.39, 0.29) is 5.91 Å². The van der Waals surface area contributed by atoms with E-state index in [9.17, 15) is 4.79 Å². The average molecular weight is 475 g/mol. The minimum Gasteiger partial charge on any atom is -0.492 e. The number of anilines is 5. The van der Waals surface area contributed by atoms with E-state index in [4.69, 9.17) is 9.72 Å². The summed E-state index contributed by atoms with van der Waals surface area (Å²) in [6.45, 7) is 4.97. The molecule has 4 aromatic rings. The molecule has 2 aromatic carbocycles. The number of amides is 1. The smallest absolute Gasteiger partial charge is 0.247 e. The molecule has 0 aliphatic rings. The van der Waals surface area contributed by atoms with E-state index in [2.05, 4.69) is 32.4 Å². The predicted molar refractivity (Wildman–Crippen MR) is 140 cm³/mol. The standard InChI is InChI=1S/C25H26N6O2S/c1-4-22(32)26-18-6-5-7-19(16-18)27-24-23-21(12-15-34-23)29-25(30-24)28-17-8-10-20(11-9-17)33-14-13-31(2)3/h4-12,15-16H,1,13-14H2,2-3H3,(H,26,32)(H2,27,28,29,30). The molecule has 0 radical (unpaired) electrons. The summed E-state index contributed by atoms with van der Waals surface area (Å²) in [7, 11) is 4.03. The second-order valence-corrected chi connectivity index (χ2v) is 8.65. The number of carbonyl (C=O) groups is 1. The van der Waals surface area contributed by atoms with Gasteiger partial charge in [-0.2, -0.15) is 4.98 Å². The molecule has 0 saturated carbocycles. The van der Waals surface area contributed by atoms with Crippen molar-refractivity contribution in [3.8, 4) is 5.75 Å². The number of aromatic nitrogens is 2. The summed E-state index contributed by atoms with van der Waals surface area (Å²) in [6, 6.07) is 17.1. The number of hydrogen-bond donors (Lipinski definition) is 3. The first-order valence-corrected chi connectivity index (χ1v) is 11.6. The fourth-order valence-electron chi connectivity index (χ4n) is 3.12. The zero-order valence-electron chi connectivity index (χ0n) is 19.0. The molecule has 9 heteroatoms. The first-order chi connectivity index (χ1) is 16.5. The van der Waals surface area contributed by atoms with Gasteiger partial charge in [0.2, 0.25) is 11.9 Å². The number of thiophene rings is 1. The average Bonchev–Trinajstić information content (AvgIpc) is 3.29. The molecule has 0 fully saturated rings. The van der Waals surface area contributed by atoms with Crippen molar-refractivity contribution >= 4 is 56.3 Å². The van der Waals surface area contributed by atoms with Gasteiger partial charge in [-0.05, 0) is 74.1 Å². The van der Waals surface area contributed by atoms with Crippen LogP contribution >= 0.6 is 11.3 Å². The third kappa shape index (κ3) is 6.09. The van der Waals surface area contributed by atoms with Crippen molar-refractivity contribution in [1.29, 1.82) is 0 Å². The summed E-state index contributed by atoms with van der Waals surface area (Å²) in [5, 5.41) is 11.4. The Bertz CT molecular complexity index is 1290. The van der Waals surface area contributed by atoms with E-state index in [1.165, 1.54) is 6.08 Å². The second-order valence-electron chi connectivity index (χ2n) is 7.73. The highest BCUT2D eigenvalue weighted by atomic mass is 32.1. The molecule has 2 aromatic heterocycles. The van der Waals surface area contributed by atoms with Crippen molar-refractivity contribution in [3.63, 3.8) is 0 Å². The zero-order chi connectivity index (χ0) is 23.9. The summed E-state index contributed by atoms with van der Waals surface area (Å²) in [4.78, 5) is 23.0. The molecule has 1 amide bonds. The quantitative estimate of drug-likeness (QED) is 0.271. The van der Waals surface area contributed by atoms with Crippen molar-refractivity contribution in [1.82, 2.24) is 14.9 Å². The van der Waals surface area contributed by atoms with Crippen LogP contribution in [0.25, 0.3) is 10.2 Å². The molecule has 174 valence electrons. The Hall–Kier alpha value is -3.95. The molecule has 0 aliphatic heterocycles. The first-order valence-electron chi connectivity index (χ1n) is 10.7. The van der Waals surface area contributed by atoms with Gasteiger partial charge >= 0.3 is 0 Å². The first kappa shape index (κ1) is 23.2. The lowest BCUT2D eigenvalue weighted by Crippen LogP contribution is -2.19. The van der Waals surface area contributed by atoms with E-state index in [1.807, 2.05) is 74.1 Å². The maximum atomic E-state index is 11.6. The molecular weight excluding hydrogens is 448 g/mol. The van der Waals surface area contributed by atoms with Crippen LogP contribution in [0.2, 0.25) is 0 Å². The largest absolute Gasteiger partial charge is 0.492 e. The minimum absolute atomic E-state index is 0.263. The molecule has 0 bridgehead atoms. The highest BCUT2D eigenvalue weighted by Gasteiger charge is 2.11. The number of benzene rings is 2. The number of hydrogen-bond acceptors (Lipinski definition) is 8. The van der Waals surface area contributed by atoms with Crippen LogP contribution < -0.4 is 20.7 Å². The molecule has 2 heterocycles. The van der Waals surface area contributed by atoms with Crippen LogP contribution in [0.4, 0.5) is 28.8 Å². The van der Waals surface area contributed by atoms with Crippen molar-refractivity contribution in [2.24, 2.45) is 0 Å². The van der Waals surface area contributed by atoms with Crippen LogP contribution in [-0.4, -0.2) is 48.0 Å². The lowest BCUT2D eigenvalue weighted by Gasteiger charge is -2.12. The highest BCUT2D eigenvalue weighted by Crippen LogP contribution is 2.31. The lowest BCUT2D eigenvalue weighted by molar-refractivity contribution is -0.111. The fraction of sp³-hybridized carbons (Fsp3) is 0.160. The third-order valence-electron chi connectivity index (χ3n) is 4.80. The molecular formula is C25H26N6O2S. The predicted octanol–water partition coefficient (Wildman–Crippen LogP) is 5.24. The number of likely N-dealkylation sites (N-methyl/N-ethyl adjacent to an activating group) is 1. The Morgan fingerprint density at radius 1 is 1.06 bits per heavy atom. The Labute approximate surface area is 202 Å². The number of rotatable bonds is 10. The van der Waals surface area contributed by atoms with Crippen LogP contribution in [0.3, 0.4) is 0 Å². The molecule has 0 unspecified atom stereocenters. The number of nitrogens with zero attached hydrogens (tertiary/aromatic N) is 3. The van der Waals surface area contributed by atoms with Gasteiger partial charge in [0.1, 0.15) is 12.4 Å². The molecule has 0 aliphatic carbocycles. The minimum atomic E-state index is -0.263. The van der Waals surface area contributed by atoms with E-state index in [0.29, 0.717) is 24.1 Å². The molecule has 34 heavy (non-hydrogen) atoms. The van der Waals surface area contributed by atoms with Gasteiger partial charge in [-0.15, -0.1) is 11.3 Å². The molecule has 4 rings (SSSR count). The van der Waals surface area contributed by atoms with Gasteiger partial charge in [0.05, 0.1) is 10.2 Å². The van der Waals surface area contributed by atoms with Crippen LogP contribution in [-0.2, 0) is 4.79 Å². The lowest BCUT2D eigenvalue weighted by atomic mass is 10.2. The summed E-state index contributed by atoms with van der Waals surface area (Å²) in [5.74, 6) is 1.71. The number of ether oxygens (including phenoxy) is 1. The maximum Gasteiger partial charge on any atom is 0.247 e. The van der Waals surface area contributed by atoms with Crippen molar-refractivity contribution in [2.75, 3.05) is 43.2 Å². The van der Waals surface area contributed by atoms with Gasteiger partial charge in [-0.25, -0.2) is 4.98 Å². The van der Waals surface area contributed by atoms with Crippen LogP contribution in [0, 0.1) is 0 Å². The molecule has 3 N–H and O–H groups in total. The van der Waals surface area contributed by atoms with E-state index >= 15 is 0 Å². The van der Waals surface area contributed by atoms with Gasteiger partial charge in [-0.3, -0.25) is 4.79 Å². The fourth-order valence-corrected chi connectivity index (χ4v) is 3.89. The van der Waals surface area contributed by atoms with Gasteiger partial charge in [-0.1, -0.05) is 12.6 Å². The number of nitrogens with one attached hydrogen (secondary N) is 3. The van der Waals surface area contributed by atoms with Gasteiger partial charge < -0.3 is 25.6 Å². The highest BCUT2D eigenvalue weighted by molar-refractivity contribution is 7.17. The van der Waals surface area contributed by atoms with E-state index in [0.717, 1.165) is 33.9 Å². The number of carbonyl (C=O) groups excluding carboxylic acids is 1. The van der Waals surface area contributed by atoms with Crippen LogP contribution in [0.1, 0.15) is 0 Å². The molecule has 0 saturated heterocycles. The van der Waals surface area contributed by atoms with Crippen LogP contribution in [0.15, 0.2) is 72.6 Å². The summed E-state index contributed by atoms with van der Waals surface area (Å²) in [5.41, 5.74) is 3.15. The Kier molecular flexibility index (Phi) is 7.36. The summed E-state index contributed by atoms with van der Waals surface area (Å²) < 4.78 is 6.70. The molecule has 8 nitrogen and oxygen atoms in total. The Morgan fingerprint density at radius 2 is 1.85 bits per heavy atom. The van der Waals surface area contributed by atoms with Crippen LogP contribution in [0.5, 0.6) is 5.75 Å². The Morgan fingerprint density at radius 3 is 2.62 bits per heavy atom. The van der Waals surface area contributed by atoms with Gasteiger partial charge in [0, 0.05) is 23.6 Å². The van der Waals surface area contributed by atoms with E-state index < -0.39 is 0 Å². The zero-order valence-corrected chi connectivity index (χ0v) is 19.9. The monoisotopic (exact) mass is 474 g/mol. The maximum absolute atomic E-state index is 11.6. The van der Waals surface area contributed by atoms with E-state index in [1.54, 1.807) is 11.3 Å². The second kappa shape index (κ2) is 10.8. The summed E-state index contributed by atoms with van der Waals surface area (Å²) >= 11 is 1.56. The molecule has 0 spiro atoms. The van der Waals surface area contributed by atoms with Gasteiger partial charge in [0.25, 0.3) is 0 Å². The topological polar surface area (TPSA) is 91.4 Å². The van der Waals surface area contributed by atoms with Crippen molar-refractivity contribution in [2.45, 2.75) is 0 Å². The van der Waals surface area contributed by atoms with Gasteiger partial charge in [0.15, 0.2) is 5.82 Å². The Balaban J connectivity index is 1.51. The summed E-state index contributed by atoms with van der Waals surface area (Å²) in [6.07, 6.45) is 1.24. The number of fused-ring (bicyclic) bond motifs is 1.